The first kappa shape index (κ1) is 25.7. The number of ether oxygens (including phenoxy) is 3. The molecule has 12 heteroatoms. The molecule has 10 nitrogen and oxygen atoms in total. The summed E-state index contributed by atoms with van der Waals surface area (Å²) in [4.78, 5) is 32.9. The molecule has 36 heavy (non-hydrogen) atoms. The first-order valence-electron chi connectivity index (χ1n) is 11.8. The van der Waals surface area contributed by atoms with Crippen LogP contribution in [0.15, 0.2) is 22.6 Å². The van der Waals surface area contributed by atoms with Crippen LogP contribution in [0.5, 0.6) is 11.5 Å². The molecule has 2 aliphatic rings. The summed E-state index contributed by atoms with van der Waals surface area (Å²) < 4.78 is 46.7. The number of hydrogen-bond acceptors (Lipinski definition) is 8. The Morgan fingerprint density at radius 3 is 2.61 bits per heavy atom. The topological polar surface area (TPSA) is 120 Å². The summed E-state index contributed by atoms with van der Waals surface area (Å²) >= 11 is 0. The van der Waals surface area contributed by atoms with E-state index < -0.39 is 18.7 Å². The molecule has 1 aromatic heterocycles. The van der Waals surface area contributed by atoms with Gasteiger partial charge < -0.3 is 34.2 Å². The quantitative estimate of drug-likeness (QED) is 0.574. The maximum absolute atomic E-state index is 13.4. The lowest BCUT2D eigenvalue weighted by atomic mass is 10.1. The van der Waals surface area contributed by atoms with Crippen LogP contribution in [-0.2, 0) is 4.74 Å². The van der Waals surface area contributed by atoms with Gasteiger partial charge in [-0.25, -0.2) is 9.78 Å². The van der Waals surface area contributed by atoms with E-state index in [1.165, 1.54) is 30.2 Å². The van der Waals surface area contributed by atoms with Crippen LogP contribution >= 0.6 is 0 Å². The van der Waals surface area contributed by atoms with Gasteiger partial charge in [0.1, 0.15) is 0 Å². The summed E-state index contributed by atoms with van der Waals surface area (Å²) in [6.07, 6.45) is 1.60. The van der Waals surface area contributed by atoms with Crippen LogP contribution in [0.4, 0.5) is 13.6 Å². The largest absolute Gasteiger partial charge is 0.489 e. The molecule has 4 rings (SSSR count). The molecule has 0 bridgehead atoms. The van der Waals surface area contributed by atoms with Crippen molar-refractivity contribution in [2.75, 3.05) is 33.4 Å². The van der Waals surface area contributed by atoms with E-state index in [2.05, 4.69) is 9.72 Å². The van der Waals surface area contributed by atoms with Gasteiger partial charge in [0, 0.05) is 31.2 Å². The second kappa shape index (κ2) is 10.7. The molecular weight excluding hydrogens is 478 g/mol. The Morgan fingerprint density at radius 2 is 2.00 bits per heavy atom. The van der Waals surface area contributed by atoms with Crippen molar-refractivity contribution in [2.45, 2.75) is 45.4 Å². The predicted octanol–water partition coefficient (Wildman–Crippen LogP) is 3.66. The third-order valence-electron chi connectivity index (χ3n) is 6.17. The summed E-state index contributed by atoms with van der Waals surface area (Å²) in [5.41, 5.74) is 6.57. The molecule has 1 saturated heterocycles. The maximum atomic E-state index is 13.4. The molecule has 0 radical (unpaired) electrons. The van der Waals surface area contributed by atoms with Crippen LogP contribution < -0.4 is 15.2 Å². The van der Waals surface area contributed by atoms with Gasteiger partial charge in [-0.1, -0.05) is 0 Å². The minimum absolute atomic E-state index is 0.0618. The summed E-state index contributed by atoms with van der Waals surface area (Å²) in [6.45, 7) is 1.79. The summed E-state index contributed by atoms with van der Waals surface area (Å²) in [5.74, 6) is 0.363. The molecule has 1 aliphatic heterocycles. The molecule has 0 spiro atoms. The fourth-order valence-corrected chi connectivity index (χ4v) is 4.05. The summed E-state index contributed by atoms with van der Waals surface area (Å²) in [6, 6.07) is 3.44. The average molecular weight is 509 g/mol. The standard InChI is InChI=1S/C24H30F2N4O6/c1-13-11-29(24(32)33-3)8-9-30(13)22(31)19-20(14(2)27)36-21(28-19)16-6-7-17(35-23(25)26)18(10-16)34-12-15-4-5-15/h6-7,10,13-15,23H,4-5,8-9,11-12,27H2,1-3H3/t13?,14-/m0/s1. The number of benzene rings is 1. The average Bonchev–Trinajstić information content (AvgIpc) is 3.57. The first-order valence-corrected chi connectivity index (χ1v) is 11.8. The zero-order chi connectivity index (χ0) is 26.0. The van der Waals surface area contributed by atoms with E-state index in [-0.39, 0.29) is 47.3 Å². The van der Waals surface area contributed by atoms with Crippen molar-refractivity contribution in [1.29, 1.82) is 0 Å². The van der Waals surface area contributed by atoms with Crippen molar-refractivity contribution >= 4 is 12.0 Å². The van der Waals surface area contributed by atoms with Crippen LogP contribution in [-0.4, -0.2) is 72.8 Å². The molecule has 196 valence electrons. The van der Waals surface area contributed by atoms with Gasteiger partial charge in [-0.3, -0.25) is 4.79 Å². The second-order valence-electron chi connectivity index (χ2n) is 9.08. The van der Waals surface area contributed by atoms with Crippen molar-refractivity contribution in [1.82, 2.24) is 14.8 Å². The maximum Gasteiger partial charge on any atom is 0.409 e. The third-order valence-corrected chi connectivity index (χ3v) is 6.17. The number of nitrogens with zero attached hydrogens (tertiary/aromatic N) is 3. The lowest BCUT2D eigenvalue weighted by Gasteiger charge is -2.38. The van der Waals surface area contributed by atoms with E-state index in [9.17, 15) is 18.4 Å². The molecule has 1 aromatic carbocycles. The number of carbonyl (C=O) groups excluding carboxylic acids is 2. The number of aromatic nitrogens is 1. The van der Waals surface area contributed by atoms with Crippen LogP contribution in [0.3, 0.4) is 0 Å². The number of carbonyl (C=O) groups is 2. The number of amides is 2. The van der Waals surface area contributed by atoms with Crippen LogP contribution in [0.25, 0.3) is 11.5 Å². The van der Waals surface area contributed by atoms with Crippen molar-refractivity contribution in [3.63, 3.8) is 0 Å². The Morgan fingerprint density at radius 1 is 1.25 bits per heavy atom. The molecular formula is C24H30F2N4O6. The number of rotatable bonds is 8. The van der Waals surface area contributed by atoms with Gasteiger partial charge in [-0.05, 0) is 50.8 Å². The van der Waals surface area contributed by atoms with Crippen molar-refractivity contribution in [2.24, 2.45) is 11.7 Å². The molecule has 2 atom stereocenters. The molecule has 1 aliphatic carbocycles. The van der Waals surface area contributed by atoms with E-state index in [0.29, 0.717) is 31.2 Å². The van der Waals surface area contributed by atoms with E-state index in [1.54, 1.807) is 11.8 Å². The Balaban J connectivity index is 1.60. The van der Waals surface area contributed by atoms with Gasteiger partial charge in [0.15, 0.2) is 23.0 Å². The lowest BCUT2D eigenvalue weighted by molar-refractivity contribution is -0.0515. The molecule has 2 fully saturated rings. The van der Waals surface area contributed by atoms with E-state index in [1.807, 2.05) is 6.92 Å². The number of halogens is 2. The van der Waals surface area contributed by atoms with Crippen molar-refractivity contribution < 1.29 is 37.0 Å². The monoisotopic (exact) mass is 508 g/mol. The van der Waals surface area contributed by atoms with Gasteiger partial charge in [0.25, 0.3) is 5.91 Å². The van der Waals surface area contributed by atoms with Crippen molar-refractivity contribution in [3.05, 3.63) is 29.7 Å². The molecule has 2 N–H and O–H groups in total. The van der Waals surface area contributed by atoms with Crippen LogP contribution in [0.2, 0.25) is 0 Å². The SMILES string of the molecule is COC(=O)N1CCN(C(=O)c2nc(-c3ccc(OC(F)F)c(OCC4CC4)c3)oc2[C@H](C)N)C(C)C1. The van der Waals surface area contributed by atoms with E-state index in [4.69, 9.17) is 19.6 Å². The first-order chi connectivity index (χ1) is 17.2. The number of oxazole rings is 1. The van der Waals surface area contributed by atoms with Crippen LogP contribution in [0, 0.1) is 5.92 Å². The molecule has 2 amide bonds. The molecule has 2 heterocycles. The fourth-order valence-electron chi connectivity index (χ4n) is 4.05. The Kier molecular flexibility index (Phi) is 7.62. The number of methoxy groups -OCH3 is 1. The molecule has 2 aromatic rings. The number of hydrogen-bond donors (Lipinski definition) is 1. The fraction of sp³-hybridized carbons (Fsp3) is 0.542. The number of piperazine rings is 1. The van der Waals surface area contributed by atoms with Gasteiger partial charge in [0.2, 0.25) is 5.89 Å². The highest BCUT2D eigenvalue weighted by molar-refractivity contribution is 5.94. The van der Waals surface area contributed by atoms with Gasteiger partial charge in [-0.2, -0.15) is 8.78 Å². The number of alkyl halides is 2. The zero-order valence-corrected chi connectivity index (χ0v) is 20.4. The van der Waals surface area contributed by atoms with Crippen molar-refractivity contribution in [3.8, 4) is 23.0 Å². The Bertz CT molecular complexity index is 1100. The van der Waals surface area contributed by atoms with Gasteiger partial charge >= 0.3 is 12.7 Å². The predicted molar refractivity (Wildman–Crippen MR) is 124 cm³/mol. The highest BCUT2D eigenvalue weighted by atomic mass is 19.3. The highest BCUT2D eigenvalue weighted by Gasteiger charge is 2.34. The smallest absolute Gasteiger partial charge is 0.409 e. The minimum Gasteiger partial charge on any atom is -0.489 e. The summed E-state index contributed by atoms with van der Waals surface area (Å²) in [7, 11) is 1.31. The summed E-state index contributed by atoms with van der Waals surface area (Å²) in [5, 5.41) is 0. The van der Waals surface area contributed by atoms with Gasteiger partial charge in [0.05, 0.1) is 19.8 Å². The molecule has 1 unspecified atom stereocenters. The zero-order valence-electron chi connectivity index (χ0n) is 20.4. The van der Waals surface area contributed by atoms with E-state index >= 15 is 0 Å². The Hall–Kier alpha value is -3.41. The number of nitrogens with two attached hydrogens (primary N) is 1. The van der Waals surface area contributed by atoms with Gasteiger partial charge in [-0.15, -0.1) is 0 Å². The Labute approximate surface area is 207 Å². The normalized spacial score (nSPS) is 18.8. The molecule has 1 saturated carbocycles. The van der Waals surface area contributed by atoms with E-state index in [0.717, 1.165) is 12.8 Å². The third kappa shape index (κ3) is 5.69. The van der Waals surface area contributed by atoms with Crippen LogP contribution in [0.1, 0.15) is 49.0 Å². The minimum atomic E-state index is -3.00. The highest BCUT2D eigenvalue weighted by Crippen LogP contribution is 2.37. The lowest BCUT2D eigenvalue weighted by Crippen LogP contribution is -2.55. The second-order valence-corrected chi connectivity index (χ2v) is 9.08.